The smallest absolute Gasteiger partial charge is 0.407 e. The second-order valence-corrected chi connectivity index (χ2v) is 8.08. The number of amides is 2. The molecular formula is C18H22N4O3S. The lowest BCUT2D eigenvalue weighted by atomic mass is 9.95. The van der Waals surface area contributed by atoms with Gasteiger partial charge in [-0.05, 0) is 37.9 Å². The monoisotopic (exact) mass is 374 g/mol. The molecule has 2 fully saturated rings. The third kappa shape index (κ3) is 3.52. The van der Waals surface area contributed by atoms with Gasteiger partial charge in [0.15, 0.2) is 5.13 Å². The average Bonchev–Trinajstić information content (AvgIpc) is 3.11. The maximum absolute atomic E-state index is 12.4. The standard InChI is InChI=1S/C18H22N4O3S/c1-12-4-2-5-13-15(12)21-16(26-13)20-14(23)10-22-8-3-6-18(7-9-22)11-19-17(24)25-18/h2,4-5H,3,6-11H2,1H3,(H,19,24)(H,20,21,23). The first-order valence-corrected chi connectivity index (χ1v) is 9.70. The number of anilines is 1. The van der Waals surface area contributed by atoms with Crippen LogP contribution in [0.4, 0.5) is 9.93 Å². The van der Waals surface area contributed by atoms with Crippen molar-refractivity contribution in [2.45, 2.75) is 31.8 Å². The number of para-hydroxylation sites is 1. The minimum absolute atomic E-state index is 0.0563. The number of hydrogen-bond donors (Lipinski definition) is 2. The summed E-state index contributed by atoms with van der Waals surface area (Å²) in [5, 5.41) is 6.31. The topological polar surface area (TPSA) is 83.6 Å². The molecule has 2 amide bonds. The number of aryl methyl sites for hydroxylation is 1. The number of likely N-dealkylation sites (tertiary alicyclic amines) is 1. The van der Waals surface area contributed by atoms with Crippen molar-refractivity contribution in [1.82, 2.24) is 15.2 Å². The van der Waals surface area contributed by atoms with Crippen LogP contribution in [0.5, 0.6) is 0 Å². The average molecular weight is 374 g/mol. The van der Waals surface area contributed by atoms with E-state index in [1.807, 2.05) is 25.1 Å². The van der Waals surface area contributed by atoms with Gasteiger partial charge in [-0.3, -0.25) is 9.69 Å². The summed E-state index contributed by atoms with van der Waals surface area (Å²) in [7, 11) is 0. The second kappa shape index (κ2) is 6.85. The third-order valence-electron chi connectivity index (χ3n) is 5.09. The highest BCUT2D eigenvalue weighted by Crippen LogP contribution is 2.30. The number of hydrogen-bond acceptors (Lipinski definition) is 6. The molecule has 0 bridgehead atoms. The summed E-state index contributed by atoms with van der Waals surface area (Å²) in [6.45, 7) is 4.47. The predicted octanol–water partition coefficient (Wildman–Crippen LogP) is 2.51. The molecule has 2 aliphatic heterocycles. The number of carbonyl (C=O) groups excluding carboxylic acids is 2. The SMILES string of the molecule is Cc1cccc2sc(NC(=O)CN3CCCC4(CC3)CNC(=O)O4)nc12. The molecule has 0 aliphatic carbocycles. The van der Waals surface area contributed by atoms with Crippen LogP contribution in [0.2, 0.25) is 0 Å². The van der Waals surface area contributed by atoms with Gasteiger partial charge in [-0.15, -0.1) is 0 Å². The Kier molecular flexibility index (Phi) is 4.54. The van der Waals surface area contributed by atoms with Crippen molar-refractivity contribution < 1.29 is 14.3 Å². The Bertz CT molecular complexity index is 852. The van der Waals surface area contributed by atoms with E-state index in [9.17, 15) is 9.59 Å². The number of ether oxygens (including phenoxy) is 1. The van der Waals surface area contributed by atoms with E-state index < -0.39 is 5.60 Å². The summed E-state index contributed by atoms with van der Waals surface area (Å²) in [5.41, 5.74) is 1.66. The van der Waals surface area contributed by atoms with Crippen molar-refractivity contribution in [3.63, 3.8) is 0 Å². The van der Waals surface area contributed by atoms with Crippen molar-refractivity contribution in [2.24, 2.45) is 0 Å². The fourth-order valence-electron chi connectivity index (χ4n) is 3.66. The van der Waals surface area contributed by atoms with Crippen LogP contribution in [0, 0.1) is 6.92 Å². The molecule has 1 atom stereocenters. The fraction of sp³-hybridized carbons (Fsp3) is 0.500. The van der Waals surface area contributed by atoms with Gasteiger partial charge in [0.05, 0.1) is 23.3 Å². The summed E-state index contributed by atoms with van der Waals surface area (Å²) < 4.78 is 6.55. The Balaban J connectivity index is 1.35. The lowest BCUT2D eigenvalue weighted by Gasteiger charge is -2.24. The van der Waals surface area contributed by atoms with E-state index in [4.69, 9.17) is 4.74 Å². The van der Waals surface area contributed by atoms with Crippen LogP contribution in [0.25, 0.3) is 10.2 Å². The van der Waals surface area contributed by atoms with Crippen molar-refractivity contribution >= 4 is 38.7 Å². The van der Waals surface area contributed by atoms with Gasteiger partial charge in [0.1, 0.15) is 5.60 Å². The van der Waals surface area contributed by atoms with Crippen molar-refractivity contribution in [2.75, 3.05) is 31.5 Å². The van der Waals surface area contributed by atoms with Crippen LogP contribution in [0.3, 0.4) is 0 Å². The molecule has 8 heteroatoms. The largest absolute Gasteiger partial charge is 0.441 e. The Morgan fingerprint density at radius 3 is 3.08 bits per heavy atom. The van der Waals surface area contributed by atoms with E-state index in [0.29, 0.717) is 18.2 Å². The van der Waals surface area contributed by atoms with E-state index in [-0.39, 0.29) is 12.0 Å². The Morgan fingerprint density at radius 1 is 1.42 bits per heavy atom. The van der Waals surface area contributed by atoms with Gasteiger partial charge in [0, 0.05) is 13.0 Å². The van der Waals surface area contributed by atoms with Crippen molar-refractivity contribution in [1.29, 1.82) is 0 Å². The first-order valence-electron chi connectivity index (χ1n) is 8.88. The first-order chi connectivity index (χ1) is 12.5. The van der Waals surface area contributed by atoms with Crippen LogP contribution in [-0.4, -0.2) is 53.7 Å². The molecule has 3 heterocycles. The van der Waals surface area contributed by atoms with E-state index in [1.54, 1.807) is 0 Å². The molecule has 2 N–H and O–H groups in total. The number of aromatic nitrogens is 1. The number of nitrogens with zero attached hydrogens (tertiary/aromatic N) is 2. The summed E-state index contributed by atoms with van der Waals surface area (Å²) in [6, 6.07) is 6.03. The molecule has 4 rings (SSSR count). The van der Waals surface area contributed by atoms with E-state index >= 15 is 0 Å². The molecule has 2 aromatic rings. The molecule has 2 saturated heterocycles. The molecule has 7 nitrogen and oxygen atoms in total. The zero-order chi connectivity index (χ0) is 18.1. The number of benzene rings is 1. The highest BCUT2D eigenvalue weighted by molar-refractivity contribution is 7.22. The first kappa shape index (κ1) is 17.2. The molecule has 0 saturated carbocycles. The number of rotatable bonds is 3. The minimum atomic E-state index is -0.396. The molecule has 2 aliphatic rings. The summed E-state index contributed by atoms with van der Waals surface area (Å²) in [6.07, 6.45) is 2.16. The number of thiazole rings is 1. The highest BCUT2D eigenvalue weighted by atomic mass is 32.1. The number of carbonyl (C=O) groups is 2. The number of fused-ring (bicyclic) bond motifs is 1. The summed E-state index contributed by atoms with van der Waals surface area (Å²) in [4.78, 5) is 30.5. The van der Waals surface area contributed by atoms with Gasteiger partial charge in [-0.25, -0.2) is 9.78 Å². The van der Waals surface area contributed by atoms with Gasteiger partial charge in [-0.1, -0.05) is 23.5 Å². The maximum Gasteiger partial charge on any atom is 0.407 e. The maximum atomic E-state index is 12.4. The molecule has 1 spiro atoms. The van der Waals surface area contributed by atoms with Gasteiger partial charge in [0.25, 0.3) is 0 Å². The Labute approximate surface area is 155 Å². The lowest BCUT2D eigenvalue weighted by molar-refractivity contribution is -0.117. The van der Waals surface area contributed by atoms with Gasteiger partial charge in [0.2, 0.25) is 5.91 Å². The van der Waals surface area contributed by atoms with Gasteiger partial charge >= 0.3 is 6.09 Å². The second-order valence-electron chi connectivity index (χ2n) is 7.04. The normalized spacial score (nSPS) is 23.7. The molecule has 26 heavy (non-hydrogen) atoms. The van der Waals surface area contributed by atoms with Crippen molar-refractivity contribution in [3.8, 4) is 0 Å². The Morgan fingerprint density at radius 2 is 2.31 bits per heavy atom. The quantitative estimate of drug-likeness (QED) is 0.862. The zero-order valence-corrected chi connectivity index (χ0v) is 15.5. The molecule has 1 unspecified atom stereocenters. The van der Waals surface area contributed by atoms with Crippen LogP contribution in [0.15, 0.2) is 18.2 Å². The minimum Gasteiger partial charge on any atom is -0.441 e. The summed E-state index contributed by atoms with van der Waals surface area (Å²) >= 11 is 1.49. The van der Waals surface area contributed by atoms with Gasteiger partial charge < -0.3 is 15.4 Å². The molecule has 0 radical (unpaired) electrons. The molecule has 138 valence electrons. The lowest BCUT2D eigenvalue weighted by Crippen LogP contribution is -2.37. The van der Waals surface area contributed by atoms with E-state index in [2.05, 4.69) is 20.5 Å². The number of alkyl carbamates (subject to hydrolysis) is 1. The highest BCUT2D eigenvalue weighted by Gasteiger charge is 2.41. The third-order valence-corrected chi connectivity index (χ3v) is 6.02. The number of nitrogens with one attached hydrogen (secondary N) is 2. The zero-order valence-electron chi connectivity index (χ0n) is 14.7. The fourth-order valence-corrected chi connectivity index (χ4v) is 4.62. The van der Waals surface area contributed by atoms with Crippen LogP contribution < -0.4 is 10.6 Å². The van der Waals surface area contributed by atoms with Crippen molar-refractivity contribution in [3.05, 3.63) is 23.8 Å². The van der Waals surface area contributed by atoms with Gasteiger partial charge in [-0.2, -0.15) is 0 Å². The van der Waals surface area contributed by atoms with Crippen LogP contribution in [0.1, 0.15) is 24.8 Å². The van der Waals surface area contributed by atoms with E-state index in [0.717, 1.165) is 48.1 Å². The van der Waals surface area contributed by atoms with E-state index in [1.165, 1.54) is 11.3 Å². The predicted molar refractivity (Wildman–Crippen MR) is 100 cm³/mol. The molecular weight excluding hydrogens is 352 g/mol. The summed E-state index contributed by atoms with van der Waals surface area (Å²) in [5.74, 6) is -0.0563. The molecule has 1 aromatic heterocycles. The van der Waals surface area contributed by atoms with Crippen LogP contribution in [-0.2, 0) is 9.53 Å². The molecule has 1 aromatic carbocycles. The van der Waals surface area contributed by atoms with Crippen LogP contribution >= 0.6 is 11.3 Å². The Hall–Kier alpha value is -2.19.